The lowest BCUT2D eigenvalue weighted by molar-refractivity contribution is 0.338. The highest BCUT2D eigenvalue weighted by molar-refractivity contribution is 7.89. The van der Waals surface area contributed by atoms with Crippen LogP contribution in [-0.2, 0) is 16.6 Å². The monoisotopic (exact) mass is 298 g/mol. The molecule has 1 aromatic carbocycles. The van der Waals surface area contributed by atoms with Crippen molar-refractivity contribution in [2.24, 2.45) is 5.92 Å². The molecular weight excluding hydrogens is 272 g/mol. The summed E-state index contributed by atoms with van der Waals surface area (Å²) in [6.07, 6.45) is 0.855. The van der Waals surface area contributed by atoms with Crippen molar-refractivity contribution in [3.63, 3.8) is 0 Å². The molecule has 0 spiro atoms. The van der Waals surface area contributed by atoms with Crippen molar-refractivity contribution in [3.05, 3.63) is 29.8 Å². The fourth-order valence-corrected chi connectivity index (χ4v) is 3.59. The third kappa shape index (κ3) is 4.30. The van der Waals surface area contributed by atoms with Crippen LogP contribution in [-0.4, -0.2) is 32.9 Å². The summed E-state index contributed by atoms with van der Waals surface area (Å²) >= 11 is 0. The molecule has 1 rings (SSSR count). The van der Waals surface area contributed by atoms with E-state index < -0.39 is 10.0 Å². The largest absolute Gasteiger partial charge is 0.316 e. The highest BCUT2D eigenvalue weighted by Gasteiger charge is 2.25. The third-order valence-electron chi connectivity index (χ3n) is 3.41. The van der Waals surface area contributed by atoms with Crippen LogP contribution < -0.4 is 5.32 Å². The quantitative estimate of drug-likeness (QED) is 0.841. The Morgan fingerprint density at radius 1 is 1.15 bits per heavy atom. The van der Waals surface area contributed by atoms with Crippen molar-refractivity contribution in [2.45, 2.75) is 44.7 Å². The molecule has 5 heteroatoms. The van der Waals surface area contributed by atoms with Gasteiger partial charge < -0.3 is 5.32 Å². The highest BCUT2D eigenvalue weighted by Crippen LogP contribution is 2.20. The molecule has 0 aromatic heterocycles. The molecule has 114 valence electrons. The molecule has 1 N–H and O–H groups in total. The number of hydrogen-bond acceptors (Lipinski definition) is 3. The zero-order valence-corrected chi connectivity index (χ0v) is 13.9. The zero-order chi connectivity index (χ0) is 15.3. The van der Waals surface area contributed by atoms with E-state index in [0.717, 1.165) is 18.5 Å². The minimum absolute atomic E-state index is 0.00279. The maximum atomic E-state index is 12.5. The normalized spacial score (nSPS) is 13.9. The average Bonchev–Trinajstić information content (AvgIpc) is 2.38. The van der Waals surface area contributed by atoms with Crippen molar-refractivity contribution in [3.8, 4) is 0 Å². The van der Waals surface area contributed by atoms with E-state index in [9.17, 15) is 8.42 Å². The number of hydrogen-bond donors (Lipinski definition) is 1. The first-order valence-electron chi connectivity index (χ1n) is 7.00. The molecule has 0 heterocycles. The van der Waals surface area contributed by atoms with Crippen LogP contribution in [0.3, 0.4) is 0 Å². The van der Waals surface area contributed by atoms with Crippen molar-refractivity contribution < 1.29 is 8.42 Å². The van der Waals surface area contributed by atoms with E-state index in [0.29, 0.717) is 10.8 Å². The topological polar surface area (TPSA) is 49.4 Å². The number of sulfonamides is 1. The molecular formula is C15H26N2O2S. The second-order valence-electron chi connectivity index (χ2n) is 5.67. The molecule has 0 bridgehead atoms. The molecule has 0 aliphatic heterocycles. The van der Waals surface area contributed by atoms with E-state index in [-0.39, 0.29) is 6.04 Å². The first-order chi connectivity index (χ1) is 9.28. The first kappa shape index (κ1) is 17.1. The Bertz CT molecular complexity index is 509. The molecule has 0 saturated heterocycles. The minimum atomic E-state index is -3.40. The predicted molar refractivity (Wildman–Crippen MR) is 83.1 cm³/mol. The van der Waals surface area contributed by atoms with Crippen molar-refractivity contribution in [2.75, 3.05) is 14.1 Å². The number of benzene rings is 1. The maximum absolute atomic E-state index is 12.5. The standard InChI is InChI=1S/C15H26N2O2S/c1-12(2)10-13(3)17(5)20(18,19)15-8-6-14(7-9-15)11-16-4/h6-9,12-13,16H,10-11H2,1-5H3. The summed E-state index contributed by atoms with van der Waals surface area (Å²) in [5.41, 5.74) is 1.07. The fraction of sp³-hybridized carbons (Fsp3) is 0.600. The van der Waals surface area contributed by atoms with E-state index >= 15 is 0 Å². The molecule has 1 aromatic rings. The van der Waals surface area contributed by atoms with Gasteiger partial charge in [-0.2, -0.15) is 4.31 Å². The van der Waals surface area contributed by atoms with Crippen LogP contribution in [0.25, 0.3) is 0 Å². The van der Waals surface area contributed by atoms with Gasteiger partial charge in [0.1, 0.15) is 0 Å². The molecule has 0 aliphatic rings. The second-order valence-corrected chi connectivity index (χ2v) is 7.67. The summed E-state index contributed by atoms with van der Waals surface area (Å²) in [4.78, 5) is 0.357. The molecule has 1 atom stereocenters. The first-order valence-corrected chi connectivity index (χ1v) is 8.44. The number of nitrogens with zero attached hydrogens (tertiary/aromatic N) is 1. The Labute approximate surface area is 123 Å². The lowest BCUT2D eigenvalue weighted by atomic mass is 10.1. The molecule has 20 heavy (non-hydrogen) atoms. The van der Waals surface area contributed by atoms with Gasteiger partial charge in [0.15, 0.2) is 0 Å². The van der Waals surface area contributed by atoms with Crippen LogP contribution in [0, 0.1) is 5.92 Å². The van der Waals surface area contributed by atoms with E-state index in [2.05, 4.69) is 19.2 Å². The van der Waals surface area contributed by atoms with Gasteiger partial charge in [0.25, 0.3) is 0 Å². The van der Waals surface area contributed by atoms with Crippen LogP contribution >= 0.6 is 0 Å². The van der Waals surface area contributed by atoms with Gasteiger partial charge in [-0.05, 0) is 44.0 Å². The van der Waals surface area contributed by atoms with Crippen molar-refractivity contribution >= 4 is 10.0 Å². The fourth-order valence-electron chi connectivity index (χ4n) is 2.22. The zero-order valence-electron chi connectivity index (χ0n) is 13.1. The summed E-state index contributed by atoms with van der Waals surface area (Å²) in [5, 5.41) is 3.04. The van der Waals surface area contributed by atoms with Crippen LogP contribution in [0.5, 0.6) is 0 Å². The molecule has 0 aliphatic carbocycles. The van der Waals surface area contributed by atoms with Crippen molar-refractivity contribution in [1.82, 2.24) is 9.62 Å². The van der Waals surface area contributed by atoms with Gasteiger partial charge in [-0.3, -0.25) is 0 Å². The van der Waals surface area contributed by atoms with Gasteiger partial charge in [0.2, 0.25) is 10.0 Å². The maximum Gasteiger partial charge on any atom is 0.243 e. The van der Waals surface area contributed by atoms with Gasteiger partial charge in [-0.25, -0.2) is 8.42 Å². The van der Waals surface area contributed by atoms with E-state index in [1.54, 1.807) is 19.2 Å². The summed E-state index contributed by atoms with van der Waals surface area (Å²) in [6.45, 7) is 6.89. The summed E-state index contributed by atoms with van der Waals surface area (Å²) in [6, 6.07) is 7.06. The SMILES string of the molecule is CNCc1ccc(S(=O)(=O)N(C)C(C)CC(C)C)cc1. The van der Waals surface area contributed by atoms with E-state index in [1.165, 1.54) is 4.31 Å². The lowest BCUT2D eigenvalue weighted by Crippen LogP contribution is -2.35. The molecule has 4 nitrogen and oxygen atoms in total. The molecule has 0 amide bonds. The third-order valence-corrected chi connectivity index (χ3v) is 5.40. The summed E-state index contributed by atoms with van der Waals surface area (Å²) in [5.74, 6) is 0.473. The Morgan fingerprint density at radius 3 is 2.15 bits per heavy atom. The Hall–Kier alpha value is -0.910. The Balaban J connectivity index is 2.92. The summed E-state index contributed by atoms with van der Waals surface area (Å²) in [7, 11) is 0.121. The molecule has 0 saturated carbocycles. The van der Waals surface area contributed by atoms with Gasteiger partial charge in [-0.15, -0.1) is 0 Å². The van der Waals surface area contributed by atoms with Crippen LogP contribution in [0.1, 0.15) is 32.8 Å². The predicted octanol–water partition coefficient (Wildman–Crippen LogP) is 2.46. The molecule has 0 fully saturated rings. The number of nitrogens with one attached hydrogen (secondary N) is 1. The molecule has 1 unspecified atom stereocenters. The Morgan fingerprint density at radius 2 is 1.70 bits per heavy atom. The van der Waals surface area contributed by atoms with E-state index in [1.807, 2.05) is 26.1 Å². The smallest absolute Gasteiger partial charge is 0.243 e. The second kappa shape index (κ2) is 7.20. The van der Waals surface area contributed by atoms with Crippen molar-refractivity contribution in [1.29, 1.82) is 0 Å². The van der Waals surface area contributed by atoms with Gasteiger partial charge >= 0.3 is 0 Å². The van der Waals surface area contributed by atoms with Crippen LogP contribution in [0.2, 0.25) is 0 Å². The van der Waals surface area contributed by atoms with Crippen LogP contribution in [0.4, 0.5) is 0 Å². The highest BCUT2D eigenvalue weighted by atomic mass is 32.2. The van der Waals surface area contributed by atoms with Gasteiger partial charge in [0.05, 0.1) is 4.90 Å². The minimum Gasteiger partial charge on any atom is -0.316 e. The Kier molecular flexibility index (Phi) is 6.17. The average molecular weight is 298 g/mol. The van der Waals surface area contributed by atoms with Gasteiger partial charge in [0, 0.05) is 19.6 Å². The lowest BCUT2D eigenvalue weighted by Gasteiger charge is -2.25. The number of rotatable bonds is 7. The van der Waals surface area contributed by atoms with Gasteiger partial charge in [-0.1, -0.05) is 26.0 Å². The van der Waals surface area contributed by atoms with Crippen LogP contribution in [0.15, 0.2) is 29.2 Å². The van der Waals surface area contributed by atoms with E-state index in [4.69, 9.17) is 0 Å². The summed E-state index contributed by atoms with van der Waals surface area (Å²) < 4.78 is 26.5. The molecule has 0 radical (unpaired) electrons.